The Kier molecular flexibility index (Phi) is 4.70. The minimum absolute atomic E-state index is 0.120. The lowest BCUT2D eigenvalue weighted by Crippen LogP contribution is -2.65. The van der Waals surface area contributed by atoms with Crippen LogP contribution in [0.2, 0.25) is 0 Å². The summed E-state index contributed by atoms with van der Waals surface area (Å²) in [6.07, 6.45) is -4.82. The van der Waals surface area contributed by atoms with E-state index in [9.17, 15) is 13.2 Å². The van der Waals surface area contributed by atoms with Crippen LogP contribution in [-0.4, -0.2) is 41.8 Å². The van der Waals surface area contributed by atoms with E-state index >= 15 is 0 Å². The number of hydrogen-bond acceptors (Lipinski definition) is 2. The van der Waals surface area contributed by atoms with Crippen molar-refractivity contribution in [1.29, 1.82) is 0 Å². The Hall–Kier alpha value is -0.290. The van der Waals surface area contributed by atoms with Gasteiger partial charge in [0.05, 0.1) is 6.42 Å². The highest BCUT2D eigenvalue weighted by atomic mass is 19.4. The number of halogens is 3. The van der Waals surface area contributed by atoms with E-state index in [2.05, 4.69) is 19.2 Å². The summed E-state index contributed by atoms with van der Waals surface area (Å²) < 4.78 is 37.6. The topological polar surface area (TPSA) is 15.3 Å². The van der Waals surface area contributed by atoms with Gasteiger partial charge < -0.3 is 5.32 Å². The summed E-state index contributed by atoms with van der Waals surface area (Å²) in [5.41, 5.74) is -0.120. The van der Waals surface area contributed by atoms with Crippen molar-refractivity contribution in [2.24, 2.45) is 5.92 Å². The van der Waals surface area contributed by atoms with Crippen LogP contribution in [-0.2, 0) is 0 Å². The molecule has 2 atom stereocenters. The lowest BCUT2D eigenvalue weighted by Gasteiger charge is -2.49. The zero-order chi connectivity index (χ0) is 14.1. The van der Waals surface area contributed by atoms with Gasteiger partial charge in [-0.05, 0) is 26.7 Å². The molecule has 0 aliphatic carbocycles. The number of piperazine rings is 1. The van der Waals surface area contributed by atoms with Crippen molar-refractivity contribution < 1.29 is 13.2 Å². The second-order valence-corrected chi connectivity index (χ2v) is 6.42. The molecule has 108 valence electrons. The highest BCUT2D eigenvalue weighted by molar-refractivity contribution is 4.95. The van der Waals surface area contributed by atoms with Crippen LogP contribution in [0.15, 0.2) is 0 Å². The van der Waals surface area contributed by atoms with Crippen molar-refractivity contribution in [3.05, 3.63) is 0 Å². The SMILES string of the molecule is CC(C)C1CNC(C)(C)CN1C(C)CC(F)(F)F. The largest absolute Gasteiger partial charge is 0.390 e. The lowest BCUT2D eigenvalue weighted by atomic mass is 9.91. The molecule has 1 aliphatic heterocycles. The van der Waals surface area contributed by atoms with E-state index in [-0.39, 0.29) is 11.6 Å². The minimum atomic E-state index is -4.09. The molecule has 0 amide bonds. The van der Waals surface area contributed by atoms with Gasteiger partial charge in [-0.3, -0.25) is 4.90 Å². The average molecular weight is 266 g/mol. The summed E-state index contributed by atoms with van der Waals surface area (Å²) in [5, 5.41) is 3.41. The molecule has 2 unspecified atom stereocenters. The number of rotatable bonds is 3. The number of nitrogens with one attached hydrogen (secondary N) is 1. The molecule has 0 aromatic carbocycles. The maximum atomic E-state index is 12.5. The highest BCUT2D eigenvalue weighted by Gasteiger charge is 2.40. The predicted octanol–water partition coefficient (Wildman–Crippen LogP) is 3.04. The Morgan fingerprint density at radius 3 is 2.28 bits per heavy atom. The normalized spacial score (nSPS) is 27.5. The summed E-state index contributed by atoms with van der Waals surface area (Å²) in [5.74, 6) is 0.351. The molecule has 2 nitrogen and oxygen atoms in total. The molecule has 0 aromatic heterocycles. The zero-order valence-corrected chi connectivity index (χ0v) is 11.9. The van der Waals surface area contributed by atoms with Crippen molar-refractivity contribution in [3.8, 4) is 0 Å². The van der Waals surface area contributed by atoms with Gasteiger partial charge in [0.1, 0.15) is 0 Å². The van der Waals surface area contributed by atoms with E-state index in [0.29, 0.717) is 12.5 Å². The molecule has 1 fully saturated rings. The van der Waals surface area contributed by atoms with Gasteiger partial charge in [-0.15, -0.1) is 0 Å². The fourth-order valence-corrected chi connectivity index (χ4v) is 2.68. The molecule has 0 saturated carbocycles. The van der Waals surface area contributed by atoms with Crippen molar-refractivity contribution in [2.45, 2.75) is 64.8 Å². The van der Waals surface area contributed by atoms with E-state index in [1.807, 2.05) is 18.7 Å². The summed E-state index contributed by atoms with van der Waals surface area (Å²) in [7, 11) is 0. The maximum absolute atomic E-state index is 12.5. The van der Waals surface area contributed by atoms with E-state index in [1.165, 1.54) is 0 Å². The van der Waals surface area contributed by atoms with Gasteiger partial charge in [0, 0.05) is 30.7 Å². The van der Waals surface area contributed by atoms with E-state index in [4.69, 9.17) is 0 Å². The van der Waals surface area contributed by atoms with Crippen LogP contribution >= 0.6 is 0 Å². The Balaban J connectivity index is 2.78. The van der Waals surface area contributed by atoms with Crippen molar-refractivity contribution >= 4 is 0 Å². The van der Waals surface area contributed by atoms with E-state index in [1.54, 1.807) is 6.92 Å². The molecule has 1 N–H and O–H groups in total. The third-order valence-electron chi connectivity index (χ3n) is 3.66. The fourth-order valence-electron chi connectivity index (χ4n) is 2.68. The van der Waals surface area contributed by atoms with Gasteiger partial charge in [0.15, 0.2) is 0 Å². The first kappa shape index (κ1) is 15.8. The molecule has 0 bridgehead atoms. The molecule has 18 heavy (non-hydrogen) atoms. The van der Waals surface area contributed by atoms with Crippen LogP contribution in [0.3, 0.4) is 0 Å². The third-order valence-corrected chi connectivity index (χ3v) is 3.66. The Morgan fingerprint density at radius 1 is 1.28 bits per heavy atom. The predicted molar refractivity (Wildman–Crippen MR) is 67.5 cm³/mol. The second kappa shape index (κ2) is 5.37. The molecule has 1 heterocycles. The van der Waals surface area contributed by atoms with Crippen molar-refractivity contribution in [1.82, 2.24) is 10.2 Å². The Morgan fingerprint density at radius 2 is 1.83 bits per heavy atom. The molecule has 1 aliphatic rings. The second-order valence-electron chi connectivity index (χ2n) is 6.42. The molecule has 1 saturated heterocycles. The molecular formula is C13H25F3N2. The zero-order valence-electron chi connectivity index (χ0n) is 11.9. The quantitative estimate of drug-likeness (QED) is 0.844. The van der Waals surface area contributed by atoms with Gasteiger partial charge >= 0.3 is 6.18 Å². The van der Waals surface area contributed by atoms with Gasteiger partial charge in [0.25, 0.3) is 0 Å². The Bertz CT molecular complexity index is 274. The fraction of sp³-hybridized carbons (Fsp3) is 1.00. The molecule has 5 heteroatoms. The number of hydrogen-bond donors (Lipinski definition) is 1. The number of nitrogens with zero attached hydrogens (tertiary/aromatic N) is 1. The van der Waals surface area contributed by atoms with Gasteiger partial charge in [0.2, 0.25) is 0 Å². The molecule has 1 rings (SSSR count). The van der Waals surface area contributed by atoms with Crippen LogP contribution in [0, 0.1) is 5.92 Å². The van der Waals surface area contributed by atoms with Crippen LogP contribution in [0.1, 0.15) is 41.0 Å². The summed E-state index contributed by atoms with van der Waals surface area (Å²) in [6, 6.07) is -0.283. The van der Waals surface area contributed by atoms with Gasteiger partial charge in [-0.1, -0.05) is 13.8 Å². The van der Waals surface area contributed by atoms with E-state index < -0.39 is 18.6 Å². The van der Waals surface area contributed by atoms with Gasteiger partial charge in [-0.25, -0.2) is 0 Å². The third kappa shape index (κ3) is 4.43. The highest BCUT2D eigenvalue weighted by Crippen LogP contribution is 2.29. The van der Waals surface area contributed by atoms with E-state index in [0.717, 1.165) is 6.54 Å². The lowest BCUT2D eigenvalue weighted by molar-refractivity contribution is -0.151. The van der Waals surface area contributed by atoms with Crippen LogP contribution in [0.25, 0.3) is 0 Å². The summed E-state index contributed by atoms with van der Waals surface area (Å²) in [4.78, 5) is 2.02. The number of alkyl halides is 3. The standard InChI is InChI=1S/C13H25F3N2/c1-9(2)11-7-17-12(4,5)8-18(11)10(3)6-13(14,15)16/h9-11,17H,6-8H2,1-5H3. The minimum Gasteiger partial charge on any atom is -0.309 e. The maximum Gasteiger partial charge on any atom is 0.390 e. The first-order valence-electron chi connectivity index (χ1n) is 6.59. The first-order chi connectivity index (χ1) is 8.02. The summed E-state index contributed by atoms with van der Waals surface area (Å²) in [6.45, 7) is 11.3. The van der Waals surface area contributed by atoms with Crippen LogP contribution in [0.5, 0.6) is 0 Å². The van der Waals surface area contributed by atoms with Crippen molar-refractivity contribution in [2.75, 3.05) is 13.1 Å². The van der Waals surface area contributed by atoms with Crippen LogP contribution in [0.4, 0.5) is 13.2 Å². The smallest absolute Gasteiger partial charge is 0.309 e. The first-order valence-corrected chi connectivity index (χ1v) is 6.59. The molecular weight excluding hydrogens is 241 g/mol. The molecule has 0 spiro atoms. The van der Waals surface area contributed by atoms with Gasteiger partial charge in [-0.2, -0.15) is 13.2 Å². The Labute approximate surface area is 108 Å². The monoisotopic (exact) mass is 266 g/mol. The molecule has 0 aromatic rings. The molecule has 0 radical (unpaired) electrons. The summed E-state index contributed by atoms with van der Waals surface area (Å²) >= 11 is 0. The average Bonchev–Trinajstić information content (AvgIpc) is 2.12. The van der Waals surface area contributed by atoms with Crippen LogP contribution < -0.4 is 5.32 Å². The van der Waals surface area contributed by atoms with Crippen molar-refractivity contribution in [3.63, 3.8) is 0 Å².